The average Bonchev–Trinajstić information content (AvgIpc) is 3.09. The van der Waals surface area contributed by atoms with E-state index in [0.29, 0.717) is 11.9 Å². The number of aromatic nitrogens is 4. The summed E-state index contributed by atoms with van der Waals surface area (Å²) in [6, 6.07) is 10.2. The predicted molar refractivity (Wildman–Crippen MR) is 121 cm³/mol. The Kier molecular flexibility index (Phi) is 5.90. The molecule has 0 radical (unpaired) electrons. The third kappa shape index (κ3) is 4.73. The number of benzene rings is 1. The van der Waals surface area contributed by atoms with Crippen LogP contribution in [0.2, 0.25) is 0 Å². The second-order valence-electron chi connectivity index (χ2n) is 9.10. The van der Waals surface area contributed by atoms with Crippen LogP contribution in [0.5, 0.6) is 0 Å². The molecule has 7 nitrogen and oxygen atoms in total. The molecule has 0 atom stereocenters. The number of fused-ring (bicyclic) bond motifs is 1. The topological polar surface area (TPSA) is 76.9 Å². The smallest absolute Gasteiger partial charge is 0.225 e. The predicted octanol–water partition coefficient (Wildman–Crippen LogP) is 4.63. The van der Waals surface area contributed by atoms with Crippen LogP contribution < -0.4 is 10.6 Å². The lowest BCUT2D eigenvalue weighted by Gasteiger charge is -2.21. The molecule has 1 aromatic carbocycles. The molecule has 160 valence electrons. The Labute approximate surface area is 178 Å². The molecule has 0 amide bonds. The first-order valence-corrected chi connectivity index (χ1v) is 10.8. The molecule has 2 aromatic heterocycles. The molecule has 3 heterocycles. The normalized spacial score (nSPS) is 15.5. The Balaban J connectivity index is 1.54. The Morgan fingerprint density at radius 2 is 1.90 bits per heavy atom. The highest BCUT2D eigenvalue weighted by atomic mass is 16.5. The van der Waals surface area contributed by atoms with Crippen LogP contribution in [0, 0.1) is 5.92 Å². The molecular weight excluding hydrogens is 376 g/mol. The Hall–Kier alpha value is -2.67. The van der Waals surface area contributed by atoms with Gasteiger partial charge in [0.15, 0.2) is 5.82 Å². The molecule has 1 saturated heterocycles. The SMILES string of the molecule is Cn1nc(Nc2nc(NCCC3CCOCC3)nc3ccccc23)cc1C(C)(C)C. The number of anilines is 3. The fourth-order valence-corrected chi connectivity index (χ4v) is 4.03. The second-order valence-corrected chi connectivity index (χ2v) is 9.10. The fourth-order valence-electron chi connectivity index (χ4n) is 4.03. The van der Waals surface area contributed by atoms with Crippen LogP contribution in [0.25, 0.3) is 10.9 Å². The van der Waals surface area contributed by atoms with Crippen molar-refractivity contribution < 1.29 is 4.74 Å². The second kappa shape index (κ2) is 8.60. The van der Waals surface area contributed by atoms with Crippen LogP contribution in [0.15, 0.2) is 30.3 Å². The minimum absolute atomic E-state index is 0.0201. The summed E-state index contributed by atoms with van der Waals surface area (Å²) in [6.45, 7) is 9.19. The van der Waals surface area contributed by atoms with E-state index in [4.69, 9.17) is 14.7 Å². The first-order valence-electron chi connectivity index (χ1n) is 10.8. The lowest BCUT2D eigenvalue weighted by Crippen LogP contribution is -2.19. The lowest BCUT2D eigenvalue weighted by atomic mass is 9.92. The van der Waals surface area contributed by atoms with Gasteiger partial charge in [0.25, 0.3) is 0 Å². The van der Waals surface area contributed by atoms with E-state index in [0.717, 1.165) is 67.3 Å². The van der Waals surface area contributed by atoms with Gasteiger partial charge in [0.05, 0.1) is 5.52 Å². The molecule has 4 rings (SSSR count). The van der Waals surface area contributed by atoms with Gasteiger partial charge in [-0.1, -0.05) is 32.9 Å². The highest BCUT2D eigenvalue weighted by Crippen LogP contribution is 2.28. The van der Waals surface area contributed by atoms with Crippen molar-refractivity contribution in [3.05, 3.63) is 36.0 Å². The van der Waals surface area contributed by atoms with Crippen molar-refractivity contribution in [1.29, 1.82) is 0 Å². The minimum atomic E-state index is 0.0201. The summed E-state index contributed by atoms with van der Waals surface area (Å²) in [6.07, 6.45) is 3.39. The number of rotatable bonds is 6. The first kappa shape index (κ1) is 20.6. The van der Waals surface area contributed by atoms with Crippen molar-refractivity contribution in [3.8, 4) is 0 Å². The number of nitrogens with one attached hydrogen (secondary N) is 2. The van der Waals surface area contributed by atoms with Gasteiger partial charge < -0.3 is 15.4 Å². The van der Waals surface area contributed by atoms with Crippen molar-refractivity contribution in [2.24, 2.45) is 13.0 Å². The Morgan fingerprint density at radius 1 is 1.13 bits per heavy atom. The monoisotopic (exact) mass is 408 g/mol. The van der Waals surface area contributed by atoms with Crippen molar-refractivity contribution >= 4 is 28.5 Å². The van der Waals surface area contributed by atoms with Crippen LogP contribution in [0.3, 0.4) is 0 Å². The zero-order valence-corrected chi connectivity index (χ0v) is 18.4. The van der Waals surface area contributed by atoms with Gasteiger partial charge in [-0.2, -0.15) is 10.1 Å². The molecule has 1 fully saturated rings. The highest BCUT2D eigenvalue weighted by molar-refractivity contribution is 5.91. The molecule has 0 spiro atoms. The molecule has 1 aliphatic rings. The number of aryl methyl sites for hydroxylation is 1. The molecule has 0 bridgehead atoms. The average molecular weight is 409 g/mol. The van der Waals surface area contributed by atoms with Crippen molar-refractivity contribution in [3.63, 3.8) is 0 Å². The summed E-state index contributed by atoms with van der Waals surface area (Å²) in [5.41, 5.74) is 2.10. The van der Waals surface area contributed by atoms with Gasteiger partial charge >= 0.3 is 0 Å². The van der Waals surface area contributed by atoms with Gasteiger partial charge in [-0.05, 0) is 37.3 Å². The van der Waals surface area contributed by atoms with Gasteiger partial charge in [0, 0.05) is 49.4 Å². The summed E-state index contributed by atoms with van der Waals surface area (Å²) in [4.78, 5) is 9.48. The number of hydrogen-bond donors (Lipinski definition) is 2. The fraction of sp³-hybridized carbons (Fsp3) is 0.522. The van der Waals surface area contributed by atoms with Gasteiger partial charge in [-0.15, -0.1) is 0 Å². The molecule has 0 aliphatic carbocycles. The lowest BCUT2D eigenvalue weighted by molar-refractivity contribution is 0.0649. The van der Waals surface area contributed by atoms with E-state index < -0.39 is 0 Å². The highest BCUT2D eigenvalue weighted by Gasteiger charge is 2.20. The molecule has 3 aromatic rings. The molecule has 2 N–H and O–H groups in total. The summed E-state index contributed by atoms with van der Waals surface area (Å²) in [5.74, 6) is 2.93. The number of ether oxygens (including phenoxy) is 1. The minimum Gasteiger partial charge on any atom is -0.381 e. The van der Waals surface area contributed by atoms with Crippen molar-refractivity contribution in [2.45, 2.75) is 45.4 Å². The van der Waals surface area contributed by atoms with Gasteiger partial charge in [-0.3, -0.25) is 4.68 Å². The third-order valence-corrected chi connectivity index (χ3v) is 5.67. The molecule has 0 unspecified atom stereocenters. The number of para-hydroxylation sites is 1. The van der Waals surface area contributed by atoms with Crippen molar-refractivity contribution in [2.75, 3.05) is 30.4 Å². The van der Waals surface area contributed by atoms with Gasteiger partial charge in [0.2, 0.25) is 5.95 Å². The maximum atomic E-state index is 5.45. The van der Waals surface area contributed by atoms with E-state index >= 15 is 0 Å². The molecule has 0 saturated carbocycles. The van der Waals surface area contributed by atoms with E-state index in [-0.39, 0.29) is 5.41 Å². The summed E-state index contributed by atoms with van der Waals surface area (Å²) < 4.78 is 7.38. The first-order chi connectivity index (χ1) is 14.4. The maximum Gasteiger partial charge on any atom is 0.225 e. The van der Waals surface area contributed by atoms with E-state index in [1.54, 1.807) is 0 Å². The molecule has 30 heavy (non-hydrogen) atoms. The van der Waals surface area contributed by atoms with Crippen LogP contribution in [0.1, 0.15) is 45.7 Å². The maximum absolute atomic E-state index is 5.45. The van der Waals surface area contributed by atoms with Crippen LogP contribution in [0.4, 0.5) is 17.6 Å². The van der Waals surface area contributed by atoms with Crippen LogP contribution in [-0.4, -0.2) is 39.5 Å². The third-order valence-electron chi connectivity index (χ3n) is 5.67. The molecule has 7 heteroatoms. The van der Waals surface area contributed by atoms with E-state index in [2.05, 4.69) is 42.6 Å². The Morgan fingerprint density at radius 3 is 2.63 bits per heavy atom. The van der Waals surface area contributed by atoms with Crippen LogP contribution in [-0.2, 0) is 17.2 Å². The standard InChI is InChI=1S/C23H32N6O/c1-23(2,3)19-15-20(28-29(19)4)26-21-17-7-5-6-8-18(17)25-22(27-21)24-12-9-16-10-13-30-14-11-16/h5-8,15-16H,9-14H2,1-4H3,(H2,24,25,26,27,28). The van der Waals surface area contributed by atoms with Crippen molar-refractivity contribution in [1.82, 2.24) is 19.7 Å². The van der Waals surface area contributed by atoms with Gasteiger partial charge in [-0.25, -0.2) is 4.98 Å². The summed E-state index contributed by atoms with van der Waals surface area (Å²) in [5, 5.41) is 12.5. The summed E-state index contributed by atoms with van der Waals surface area (Å²) in [7, 11) is 1.98. The molecular formula is C23H32N6O. The quantitative estimate of drug-likeness (QED) is 0.619. The molecule has 1 aliphatic heterocycles. The van der Waals surface area contributed by atoms with Crippen LogP contribution >= 0.6 is 0 Å². The Bertz CT molecular complexity index is 1000. The summed E-state index contributed by atoms with van der Waals surface area (Å²) >= 11 is 0. The number of nitrogens with zero attached hydrogens (tertiary/aromatic N) is 4. The van der Waals surface area contributed by atoms with E-state index in [1.807, 2.05) is 36.0 Å². The van der Waals surface area contributed by atoms with E-state index in [1.165, 1.54) is 0 Å². The van der Waals surface area contributed by atoms with E-state index in [9.17, 15) is 0 Å². The largest absolute Gasteiger partial charge is 0.381 e. The zero-order chi connectivity index (χ0) is 21.1. The zero-order valence-electron chi connectivity index (χ0n) is 18.4. The number of hydrogen-bond acceptors (Lipinski definition) is 6. The van der Waals surface area contributed by atoms with Gasteiger partial charge in [0.1, 0.15) is 5.82 Å².